The molecule has 3 nitrogen and oxygen atoms in total. The molecule has 1 fully saturated rings. The summed E-state index contributed by atoms with van der Waals surface area (Å²) in [6.45, 7) is 5.68. The smallest absolute Gasteiger partial charge is 0.224 e. The van der Waals surface area contributed by atoms with Crippen molar-refractivity contribution < 1.29 is 4.79 Å². The SMILES string of the molecule is C=C(Cl)CNC(=O)C1CCCNC1.Cl. The molecule has 0 spiro atoms. The van der Waals surface area contributed by atoms with Crippen molar-refractivity contribution in [3.63, 3.8) is 0 Å². The highest BCUT2D eigenvalue weighted by Gasteiger charge is 2.20. The Bertz CT molecular complexity index is 203. The first-order valence-electron chi connectivity index (χ1n) is 4.52. The molecule has 0 bridgehead atoms. The Morgan fingerprint density at radius 1 is 1.64 bits per heavy atom. The predicted molar refractivity (Wildman–Crippen MR) is 60.8 cm³/mol. The van der Waals surface area contributed by atoms with Crippen LogP contribution in [0.5, 0.6) is 0 Å². The van der Waals surface area contributed by atoms with Crippen LogP contribution in [0.15, 0.2) is 11.6 Å². The third-order valence-corrected chi connectivity index (χ3v) is 2.26. The van der Waals surface area contributed by atoms with E-state index < -0.39 is 0 Å². The molecule has 1 rings (SSSR count). The average Bonchev–Trinajstić information content (AvgIpc) is 2.15. The molecule has 1 atom stereocenters. The Balaban J connectivity index is 0.00000169. The van der Waals surface area contributed by atoms with E-state index in [-0.39, 0.29) is 24.2 Å². The number of nitrogens with one attached hydrogen (secondary N) is 2. The van der Waals surface area contributed by atoms with E-state index in [1.54, 1.807) is 0 Å². The molecule has 1 unspecified atom stereocenters. The monoisotopic (exact) mass is 238 g/mol. The number of piperidine rings is 1. The van der Waals surface area contributed by atoms with Gasteiger partial charge in [-0.15, -0.1) is 12.4 Å². The lowest BCUT2D eigenvalue weighted by Crippen LogP contribution is -2.40. The van der Waals surface area contributed by atoms with Crippen molar-refractivity contribution in [3.8, 4) is 0 Å². The fourth-order valence-corrected chi connectivity index (χ4v) is 1.47. The van der Waals surface area contributed by atoms with Crippen LogP contribution >= 0.6 is 24.0 Å². The Kier molecular flexibility index (Phi) is 6.97. The van der Waals surface area contributed by atoms with Gasteiger partial charge in [-0.2, -0.15) is 0 Å². The second-order valence-corrected chi connectivity index (χ2v) is 3.81. The minimum absolute atomic E-state index is 0. The van der Waals surface area contributed by atoms with E-state index >= 15 is 0 Å². The van der Waals surface area contributed by atoms with Crippen molar-refractivity contribution in [1.82, 2.24) is 10.6 Å². The third-order valence-electron chi connectivity index (χ3n) is 2.12. The molecule has 0 saturated carbocycles. The molecule has 0 radical (unpaired) electrons. The van der Waals surface area contributed by atoms with Gasteiger partial charge in [-0.3, -0.25) is 4.79 Å². The molecule has 0 aromatic rings. The van der Waals surface area contributed by atoms with Crippen LogP contribution in [0.4, 0.5) is 0 Å². The summed E-state index contributed by atoms with van der Waals surface area (Å²) in [4.78, 5) is 11.5. The molecular weight excluding hydrogens is 223 g/mol. The van der Waals surface area contributed by atoms with E-state index in [4.69, 9.17) is 11.6 Å². The third kappa shape index (κ3) is 4.84. The summed E-state index contributed by atoms with van der Waals surface area (Å²) in [6.07, 6.45) is 2.04. The van der Waals surface area contributed by atoms with E-state index in [0.717, 1.165) is 25.9 Å². The Hall–Kier alpha value is -0.250. The van der Waals surface area contributed by atoms with Crippen molar-refractivity contribution in [2.24, 2.45) is 5.92 Å². The number of carbonyl (C=O) groups excluding carboxylic acids is 1. The normalized spacial score (nSPS) is 20.8. The maximum absolute atomic E-state index is 11.5. The van der Waals surface area contributed by atoms with Gasteiger partial charge >= 0.3 is 0 Å². The van der Waals surface area contributed by atoms with Gasteiger partial charge in [0.1, 0.15) is 0 Å². The second kappa shape index (κ2) is 7.10. The molecule has 1 amide bonds. The van der Waals surface area contributed by atoms with Gasteiger partial charge in [0, 0.05) is 11.6 Å². The molecule has 1 saturated heterocycles. The first-order chi connectivity index (χ1) is 6.20. The molecule has 0 aromatic heterocycles. The van der Waals surface area contributed by atoms with Gasteiger partial charge in [-0.25, -0.2) is 0 Å². The predicted octanol–water partition coefficient (Wildman–Crippen LogP) is 1.28. The highest BCUT2D eigenvalue weighted by Crippen LogP contribution is 2.09. The highest BCUT2D eigenvalue weighted by molar-refractivity contribution is 6.29. The molecule has 82 valence electrons. The Morgan fingerprint density at radius 3 is 2.86 bits per heavy atom. The molecule has 0 aliphatic carbocycles. The lowest BCUT2D eigenvalue weighted by atomic mass is 9.99. The fourth-order valence-electron chi connectivity index (χ4n) is 1.40. The zero-order chi connectivity index (χ0) is 9.68. The summed E-state index contributed by atoms with van der Waals surface area (Å²) in [5.74, 6) is 0.179. The zero-order valence-electron chi connectivity index (χ0n) is 8.01. The van der Waals surface area contributed by atoms with Crippen LogP contribution in [-0.4, -0.2) is 25.5 Å². The number of halogens is 2. The molecular formula is C9H16Cl2N2O. The van der Waals surface area contributed by atoms with Gasteiger partial charge in [0.15, 0.2) is 0 Å². The minimum atomic E-state index is 0. The molecule has 1 heterocycles. The lowest BCUT2D eigenvalue weighted by Gasteiger charge is -2.21. The van der Waals surface area contributed by atoms with Crippen LogP contribution in [0.25, 0.3) is 0 Å². The van der Waals surface area contributed by atoms with Gasteiger partial charge in [-0.1, -0.05) is 18.2 Å². The van der Waals surface area contributed by atoms with Crippen LogP contribution in [0.3, 0.4) is 0 Å². The van der Waals surface area contributed by atoms with E-state index in [0.29, 0.717) is 11.6 Å². The van der Waals surface area contributed by atoms with Crippen molar-refractivity contribution >= 4 is 29.9 Å². The Morgan fingerprint density at radius 2 is 2.36 bits per heavy atom. The van der Waals surface area contributed by atoms with Crippen molar-refractivity contribution in [1.29, 1.82) is 0 Å². The number of amides is 1. The first kappa shape index (κ1) is 13.8. The van der Waals surface area contributed by atoms with Gasteiger partial charge in [-0.05, 0) is 19.4 Å². The van der Waals surface area contributed by atoms with Gasteiger partial charge < -0.3 is 10.6 Å². The van der Waals surface area contributed by atoms with Crippen molar-refractivity contribution in [2.75, 3.05) is 19.6 Å². The molecule has 0 aromatic carbocycles. The average molecular weight is 239 g/mol. The summed E-state index contributed by atoms with van der Waals surface area (Å²) in [5.41, 5.74) is 0. The molecule has 5 heteroatoms. The molecule has 14 heavy (non-hydrogen) atoms. The first-order valence-corrected chi connectivity index (χ1v) is 4.89. The largest absolute Gasteiger partial charge is 0.351 e. The van der Waals surface area contributed by atoms with Crippen LogP contribution in [-0.2, 0) is 4.79 Å². The van der Waals surface area contributed by atoms with E-state index in [2.05, 4.69) is 17.2 Å². The van der Waals surface area contributed by atoms with Crippen LogP contribution in [0.1, 0.15) is 12.8 Å². The maximum Gasteiger partial charge on any atom is 0.224 e. The van der Waals surface area contributed by atoms with Crippen molar-refractivity contribution in [2.45, 2.75) is 12.8 Å². The fraction of sp³-hybridized carbons (Fsp3) is 0.667. The summed E-state index contributed by atoms with van der Waals surface area (Å²) in [6, 6.07) is 0. The van der Waals surface area contributed by atoms with Gasteiger partial charge in [0.25, 0.3) is 0 Å². The highest BCUT2D eigenvalue weighted by atomic mass is 35.5. The van der Waals surface area contributed by atoms with E-state index in [9.17, 15) is 4.79 Å². The summed E-state index contributed by atoms with van der Waals surface area (Å²) in [5, 5.41) is 6.40. The quantitative estimate of drug-likeness (QED) is 0.778. The molecule has 2 N–H and O–H groups in total. The standard InChI is InChI=1S/C9H15ClN2O.ClH/c1-7(10)5-12-9(13)8-3-2-4-11-6-8;/h8,11H,1-6H2,(H,12,13);1H. The van der Waals surface area contributed by atoms with E-state index in [1.165, 1.54) is 0 Å². The summed E-state index contributed by atoms with van der Waals surface area (Å²) in [7, 11) is 0. The number of hydrogen-bond acceptors (Lipinski definition) is 2. The van der Waals surface area contributed by atoms with Crippen molar-refractivity contribution in [3.05, 3.63) is 11.6 Å². The molecule has 1 aliphatic rings. The second-order valence-electron chi connectivity index (χ2n) is 3.28. The van der Waals surface area contributed by atoms with Gasteiger partial charge in [0.05, 0.1) is 12.5 Å². The topological polar surface area (TPSA) is 41.1 Å². The summed E-state index contributed by atoms with van der Waals surface area (Å²) < 4.78 is 0. The zero-order valence-corrected chi connectivity index (χ0v) is 9.59. The Labute approximate surface area is 95.7 Å². The summed E-state index contributed by atoms with van der Waals surface area (Å²) >= 11 is 5.54. The van der Waals surface area contributed by atoms with E-state index in [1.807, 2.05) is 0 Å². The van der Waals surface area contributed by atoms with Crippen LogP contribution < -0.4 is 10.6 Å². The lowest BCUT2D eigenvalue weighted by molar-refractivity contribution is -0.125. The minimum Gasteiger partial charge on any atom is -0.351 e. The van der Waals surface area contributed by atoms with Gasteiger partial charge in [0.2, 0.25) is 5.91 Å². The molecule has 1 aliphatic heterocycles. The maximum atomic E-state index is 11.5. The number of hydrogen-bond donors (Lipinski definition) is 2. The van der Waals surface area contributed by atoms with Crippen LogP contribution in [0, 0.1) is 5.92 Å². The number of carbonyl (C=O) groups is 1. The van der Waals surface area contributed by atoms with Crippen LogP contribution in [0.2, 0.25) is 0 Å². The number of rotatable bonds is 3.